The monoisotopic (exact) mass is 589 g/mol. The fourth-order valence-electron chi connectivity index (χ4n) is 3.82. The van der Waals surface area contributed by atoms with E-state index in [0.717, 1.165) is 23.0 Å². The van der Waals surface area contributed by atoms with Gasteiger partial charge >= 0.3 is 6.18 Å². The highest BCUT2D eigenvalue weighted by Gasteiger charge is 2.34. The van der Waals surface area contributed by atoms with E-state index in [9.17, 15) is 22.8 Å². The maximum Gasteiger partial charge on any atom is 0.416 e. The highest BCUT2D eigenvalue weighted by molar-refractivity contribution is 7.16. The van der Waals surface area contributed by atoms with E-state index in [4.69, 9.17) is 11.6 Å². The van der Waals surface area contributed by atoms with E-state index in [0.29, 0.717) is 21.3 Å². The first kappa shape index (κ1) is 31.6. The second-order valence-corrected chi connectivity index (χ2v) is 11.6. The Bertz CT molecular complexity index is 1480. The standard InChI is InChI=1S/C28H34F3N7O2S/c1-15-7-8-18(10-23(15)38(33)14-22(32)24-13-34-26(41-24)36-17(3)39)25(40)37-20-9-19(12-35-27(4,5)6)16(2)21(11-20)28(29,30)31/h7-11,13-14,35H,12,32-33H2,1-6H3,(H,37,40)(H,34,36,39)/b22-14-. The molecular formula is C28H34F3N7O2S. The predicted octanol–water partition coefficient (Wildman–Crippen LogP) is 5.51. The molecule has 1 heterocycles. The van der Waals surface area contributed by atoms with E-state index in [1.807, 2.05) is 20.8 Å². The molecule has 3 aromatic rings. The second kappa shape index (κ2) is 12.3. The third kappa shape index (κ3) is 8.52. The number of carbonyl (C=O) groups excluding carboxylic acids is 2. The smallest absolute Gasteiger partial charge is 0.396 e. The number of hydrogen-bond donors (Lipinski definition) is 5. The number of halogens is 3. The summed E-state index contributed by atoms with van der Waals surface area (Å²) in [5.74, 6) is 5.37. The van der Waals surface area contributed by atoms with Gasteiger partial charge < -0.3 is 21.7 Å². The Morgan fingerprint density at radius 3 is 2.39 bits per heavy atom. The van der Waals surface area contributed by atoms with Gasteiger partial charge in [0.15, 0.2) is 5.13 Å². The number of nitrogens with zero attached hydrogens (tertiary/aromatic N) is 2. The molecule has 0 radical (unpaired) electrons. The van der Waals surface area contributed by atoms with Crippen molar-refractivity contribution in [3.8, 4) is 0 Å². The molecule has 0 unspecified atom stereocenters. The minimum atomic E-state index is -4.59. The maximum absolute atomic E-state index is 13.8. The third-order valence-corrected chi connectivity index (χ3v) is 6.95. The Morgan fingerprint density at radius 1 is 1.10 bits per heavy atom. The molecule has 0 atom stereocenters. The number of nitrogens with two attached hydrogens (primary N) is 2. The van der Waals surface area contributed by atoms with Crippen LogP contribution < -0.4 is 32.5 Å². The van der Waals surface area contributed by atoms with Crippen molar-refractivity contribution in [2.75, 3.05) is 15.6 Å². The Hall–Kier alpha value is -3.94. The van der Waals surface area contributed by atoms with E-state index >= 15 is 0 Å². The van der Waals surface area contributed by atoms with Crippen molar-refractivity contribution in [1.29, 1.82) is 0 Å². The molecule has 0 spiro atoms. The topological polar surface area (TPSA) is 138 Å². The second-order valence-electron chi connectivity index (χ2n) is 10.6. The third-order valence-electron chi connectivity index (χ3n) is 5.99. The van der Waals surface area contributed by atoms with Crippen LogP contribution in [0.25, 0.3) is 5.70 Å². The van der Waals surface area contributed by atoms with E-state index in [2.05, 4.69) is 20.9 Å². The summed E-state index contributed by atoms with van der Waals surface area (Å²) in [7, 11) is 0. The summed E-state index contributed by atoms with van der Waals surface area (Å²) in [6.45, 7) is 10.5. The van der Waals surface area contributed by atoms with Crippen LogP contribution in [0.1, 0.15) is 65.2 Å². The van der Waals surface area contributed by atoms with Crippen molar-refractivity contribution < 1.29 is 22.8 Å². The Labute approximate surface area is 240 Å². The number of anilines is 3. The summed E-state index contributed by atoms with van der Waals surface area (Å²) in [6, 6.07) is 7.22. The first-order valence-electron chi connectivity index (χ1n) is 12.6. The summed E-state index contributed by atoms with van der Waals surface area (Å²) in [4.78, 5) is 29.1. The van der Waals surface area contributed by atoms with Crippen molar-refractivity contribution in [3.05, 3.63) is 75.4 Å². The van der Waals surface area contributed by atoms with Crippen LogP contribution in [0.4, 0.5) is 29.7 Å². The summed E-state index contributed by atoms with van der Waals surface area (Å²) >= 11 is 1.16. The van der Waals surface area contributed by atoms with E-state index < -0.39 is 17.6 Å². The van der Waals surface area contributed by atoms with Gasteiger partial charge in [-0.15, -0.1) is 0 Å². The highest BCUT2D eigenvalue weighted by Crippen LogP contribution is 2.36. The lowest BCUT2D eigenvalue weighted by Gasteiger charge is -2.23. The zero-order valence-electron chi connectivity index (χ0n) is 23.7. The van der Waals surface area contributed by atoms with Crippen LogP contribution >= 0.6 is 11.3 Å². The van der Waals surface area contributed by atoms with Crippen molar-refractivity contribution in [2.24, 2.45) is 11.6 Å². The number of rotatable bonds is 8. The average Bonchev–Trinajstić information content (AvgIpc) is 3.31. The van der Waals surface area contributed by atoms with Crippen LogP contribution in [0.5, 0.6) is 0 Å². The minimum absolute atomic E-state index is 0.0228. The molecule has 9 nitrogen and oxygen atoms in total. The largest absolute Gasteiger partial charge is 0.416 e. The summed E-state index contributed by atoms with van der Waals surface area (Å²) in [6.07, 6.45) is -1.65. The van der Waals surface area contributed by atoms with Crippen LogP contribution in [-0.2, 0) is 17.5 Å². The summed E-state index contributed by atoms with van der Waals surface area (Å²) in [5, 5.41) is 9.99. The Morgan fingerprint density at radius 2 is 1.78 bits per heavy atom. The fraction of sp³-hybridized carbons (Fsp3) is 0.321. The van der Waals surface area contributed by atoms with Crippen molar-refractivity contribution in [3.63, 3.8) is 0 Å². The van der Waals surface area contributed by atoms with E-state index in [1.54, 1.807) is 25.1 Å². The lowest BCUT2D eigenvalue weighted by Crippen LogP contribution is -2.35. The Kier molecular flexibility index (Phi) is 9.47. The van der Waals surface area contributed by atoms with Crippen LogP contribution in [0.15, 0.2) is 42.7 Å². The number of aryl methyl sites for hydroxylation is 1. The van der Waals surface area contributed by atoms with Gasteiger partial charge in [0, 0.05) is 42.7 Å². The number of carbonyl (C=O) groups is 2. The predicted molar refractivity (Wildman–Crippen MR) is 157 cm³/mol. The molecule has 0 aliphatic heterocycles. The molecule has 0 aliphatic rings. The molecule has 3 rings (SSSR count). The van der Waals surface area contributed by atoms with Gasteiger partial charge in [-0.05, 0) is 75.6 Å². The molecular weight excluding hydrogens is 555 g/mol. The normalized spacial score (nSPS) is 12.3. The molecule has 0 saturated carbocycles. The molecule has 0 saturated heterocycles. The molecule has 220 valence electrons. The zero-order valence-corrected chi connectivity index (χ0v) is 24.5. The van der Waals surface area contributed by atoms with Gasteiger partial charge in [0.05, 0.1) is 21.8 Å². The van der Waals surface area contributed by atoms with Gasteiger partial charge in [-0.2, -0.15) is 13.2 Å². The molecule has 2 amide bonds. The fourth-order valence-corrected chi connectivity index (χ4v) is 4.60. The lowest BCUT2D eigenvalue weighted by molar-refractivity contribution is -0.138. The molecule has 0 aliphatic carbocycles. The minimum Gasteiger partial charge on any atom is -0.396 e. The van der Waals surface area contributed by atoms with Gasteiger partial charge in [0.25, 0.3) is 5.91 Å². The Balaban J connectivity index is 1.88. The SMILES string of the molecule is CC(=O)Nc1ncc(/C(N)=C/N(N)c2cc(C(=O)Nc3cc(CNC(C)(C)C)c(C)c(C(F)(F)F)c3)ccc2C)s1. The quantitative estimate of drug-likeness (QED) is 0.172. The first-order chi connectivity index (χ1) is 18.9. The molecule has 7 N–H and O–H groups in total. The number of thiazole rings is 1. The van der Waals surface area contributed by atoms with Gasteiger partial charge in [-0.3, -0.25) is 14.6 Å². The lowest BCUT2D eigenvalue weighted by atomic mass is 9.99. The zero-order chi connectivity index (χ0) is 30.7. The average molecular weight is 590 g/mol. The molecule has 13 heteroatoms. The van der Waals surface area contributed by atoms with Gasteiger partial charge in [-0.1, -0.05) is 17.4 Å². The van der Waals surface area contributed by atoms with E-state index in [-0.39, 0.29) is 40.5 Å². The van der Waals surface area contributed by atoms with Gasteiger partial charge in [0.1, 0.15) is 0 Å². The van der Waals surface area contributed by atoms with Crippen molar-refractivity contribution in [2.45, 2.75) is 59.8 Å². The number of hydrogen-bond acceptors (Lipinski definition) is 8. The summed E-state index contributed by atoms with van der Waals surface area (Å²) < 4.78 is 41.5. The maximum atomic E-state index is 13.8. The van der Waals surface area contributed by atoms with Crippen LogP contribution in [0.2, 0.25) is 0 Å². The number of amides is 2. The molecule has 0 fully saturated rings. The van der Waals surface area contributed by atoms with Crippen molar-refractivity contribution >= 4 is 45.4 Å². The van der Waals surface area contributed by atoms with Gasteiger partial charge in [-0.25, -0.2) is 10.8 Å². The van der Waals surface area contributed by atoms with Gasteiger partial charge in [0.2, 0.25) is 5.91 Å². The summed E-state index contributed by atoms with van der Waals surface area (Å²) in [5.41, 5.74) is 7.21. The van der Waals surface area contributed by atoms with Crippen LogP contribution in [0.3, 0.4) is 0 Å². The van der Waals surface area contributed by atoms with Crippen molar-refractivity contribution in [1.82, 2.24) is 10.3 Å². The molecule has 0 bridgehead atoms. The van der Waals surface area contributed by atoms with E-state index in [1.165, 1.54) is 37.3 Å². The number of nitrogens with one attached hydrogen (secondary N) is 3. The molecule has 41 heavy (non-hydrogen) atoms. The number of hydrazine groups is 1. The van der Waals surface area contributed by atoms with Crippen LogP contribution in [0, 0.1) is 13.8 Å². The molecule has 1 aromatic heterocycles. The first-order valence-corrected chi connectivity index (χ1v) is 13.4. The number of benzene rings is 2. The number of aromatic nitrogens is 1. The van der Waals surface area contributed by atoms with Crippen LogP contribution in [-0.4, -0.2) is 22.3 Å². The molecule has 2 aromatic carbocycles. The highest BCUT2D eigenvalue weighted by atomic mass is 32.1. The number of alkyl halides is 3.